The number of nitrogens with zero attached hydrogens (tertiary/aromatic N) is 2. The van der Waals surface area contributed by atoms with Crippen molar-refractivity contribution in [1.82, 2.24) is 9.80 Å². The molecule has 0 spiro atoms. The number of hydrogen-bond donors (Lipinski definition) is 1. The van der Waals surface area contributed by atoms with E-state index < -0.39 is 6.04 Å². The molecule has 1 saturated heterocycles. The third-order valence-corrected chi connectivity index (χ3v) is 5.09. The van der Waals surface area contributed by atoms with E-state index in [2.05, 4.69) is 17.0 Å². The van der Waals surface area contributed by atoms with Gasteiger partial charge >= 0.3 is 0 Å². The van der Waals surface area contributed by atoms with Gasteiger partial charge in [0.15, 0.2) is 0 Å². The highest BCUT2D eigenvalue weighted by Crippen LogP contribution is 2.14. The van der Waals surface area contributed by atoms with Crippen molar-refractivity contribution >= 4 is 17.5 Å². The molecule has 0 saturated carbocycles. The summed E-state index contributed by atoms with van der Waals surface area (Å²) in [6.45, 7) is 4.25. The topological polar surface area (TPSA) is 49.6 Å². The highest BCUT2D eigenvalue weighted by molar-refractivity contribution is 6.30. The van der Waals surface area contributed by atoms with Crippen LogP contribution in [0.3, 0.4) is 0 Å². The molecular weight excluding hydrogens is 346 g/mol. The monoisotopic (exact) mass is 371 g/mol. The fourth-order valence-electron chi connectivity index (χ4n) is 3.39. The first kappa shape index (κ1) is 18.9. The Hall–Kier alpha value is -1.88. The number of halogens is 1. The van der Waals surface area contributed by atoms with Crippen LogP contribution in [0, 0.1) is 0 Å². The summed E-state index contributed by atoms with van der Waals surface area (Å²) in [6, 6.07) is 17.5. The van der Waals surface area contributed by atoms with Crippen molar-refractivity contribution in [3.8, 4) is 0 Å². The minimum absolute atomic E-state index is 0.0576. The zero-order chi connectivity index (χ0) is 18.4. The Morgan fingerprint density at radius 1 is 0.962 bits per heavy atom. The van der Waals surface area contributed by atoms with Crippen molar-refractivity contribution in [2.75, 3.05) is 26.2 Å². The van der Waals surface area contributed by atoms with E-state index in [1.807, 2.05) is 47.4 Å². The fraction of sp³-hybridized carbons (Fsp3) is 0.381. The predicted molar refractivity (Wildman–Crippen MR) is 106 cm³/mol. The molecule has 2 N–H and O–H groups in total. The zero-order valence-electron chi connectivity index (χ0n) is 15.0. The molecular formula is C21H26ClN3O. The van der Waals surface area contributed by atoms with Crippen molar-refractivity contribution in [1.29, 1.82) is 0 Å². The second-order valence-corrected chi connectivity index (χ2v) is 7.31. The number of rotatable bonds is 5. The van der Waals surface area contributed by atoms with Gasteiger partial charge in [-0.05, 0) is 36.1 Å². The van der Waals surface area contributed by atoms with Gasteiger partial charge in [0, 0.05) is 37.7 Å². The minimum atomic E-state index is -0.472. The minimum Gasteiger partial charge on any atom is -0.340 e. The molecule has 138 valence electrons. The molecule has 2 aromatic rings. The van der Waals surface area contributed by atoms with Gasteiger partial charge in [-0.25, -0.2) is 0 Å². The van der Waals surface area contributed by atoms with Crippen LogP contribution in [0.4, 0.5) is 0 Å². The molecule has 5 heteroatoms. The van der Waals surface area contributed by atoms with Crippen LogP contribution in [0.5, 0.6) is 0 Å². The van der Waals surface area contributed by atoms with Gasteiger partial charge in [0.25, 0.3) is 0 Å². The molecule has 0 bridgehead atoms. The number of amides is 1. The van der Waals surface area contributed by atoms with Crippen LogP contribution in [0.1, 0.15) is 17.5 Å². The summed E-state index contributed by atoms with van der Waals surface area (Å²) < 4.78 is 0. The molecule has 1 amide bonds. The first-order valence-corrected chi connectivity index (χ1v) is 9.55. The number of hydrogen-bond acceptors (Lipinski definition) is 3. The second kappa shape index (κ2) is 9.17. The van der Waals surface area contributed by atoms with E-state index in [1.165, 1.54) is 5.56 Å². The third-order valence-electron chi connectivity index (χ3n) is 4.84. The third kappa shape index (κ3) is 5.31. The van der Waals surface area contributed by atoms with Gasteiger partial charge in [0.05, 0.1) is 6.04 Å². The van der Waals surface area contributed by atoms with Crippen LogP contribution >= 0.6 is 11.6 Å². The molecule has 4 nitrogen and oxygen atoms in total. The van der Waals surface area contributed by atoms with Crippen molar-refractivity contribution in [3.05, 3.63) is 70.7 Å². The van der Waals surface area contributed by atoms with E-state index in [0.717, 1.165) is 49.7 Å². The Kier molecular flexibility index (Phi) is 6.67. The molecule has 1 aliphatic heterocycles. The molecule has 26 heavy (non-hydrogen) atoms. The maximum Gasteiger partial charge on any atom is 0.239 e. The standard InChI is InChI=1S/C21H26ClN3O/c22-19-9-7-18(8-10-19)16-24-11-4-12-25(14-13-24)21(26)20(23)15-17-5-2-1-3-6-17/h1-3,5-10,20H,4,11-16,23H2. The lowest BCUT2D eigenvalue weighted by Crippen LogP contribution is -2.46. The van der Waals surface area contributed by atoms with Gasteiger partial charge in [-0.15, -0.1) is 0 Å². The van der Waals surface area contributed by atoms with Gasteiger partial charge in [0.2, 0.25) is 5.91 Å². The average Bonchev–Trinajstić information content (AvgIpc) is 2.89. The SMILES string of the molecule is NC(Cc1ccccc1)C(=O)N1CCCN(Cc2ccc(Cl)cc2)CC1. The van der Waals surface area contributed by atoms with Crippen molar-refractivity contribution in [2.45, 2.75) is 25.4 Å². The summed E-state index contributed by atoms with van der Waals surface area (Å²) in [5, 5.41) is 0.758. The van der Waals surface area contributed by atoms with Crippen molar-refractivity contribution in [2.24, 2.45) is 5.73 Å². The Morgan fingerprint density at radius 3 is 2.42 bits per heavy atom. The first-order chi connectivity index (χ1) is 12.6. The van der Waals surface area contributed by atoms with E-state index in [9.17, 15) is 4.79 Å². The predicted octanol–water partition coefficient (Wildman–Crippen LogP) is 2.94. The zero-order valence-corrected chi connectivity index (χ0v) is 15.7. The summed E-state index contributed by atoms with van der Waals surface area (Å²) in [7, 11) is 0. The normalized spacial score (nSPS) is 16.9. The smallest absolute Gasteiger partial charge is 0.239 e. The van der Waals surface area contributed by atoms with E-state index in [4.69, 9.17) is 17.3 Å². The Labute approximate surface area is 160 Å². The van der Waals surface area contributed by atoms with E-state index in [-0.39, 0.29) is 5.91 Å². The van der Waals surface area contributed by atoms with Gasteiger partial charge < -0.3 is 10.6 Å². The van der Waals surface area contributed by atoms with Crippen LogP contribution in [0.2, 0.25) is 5.02 Å². The molecule has 3 rings (SSSR count). The second-order valence-electron chi connectivity index (χ2n) is 6.88. The average molecular weight is 372 g/mol. The summed E-state index contributed by atoms with van der Waals surface area (Å²) >= 11 is 5.95. The quantitative estimate of drug-likeness (QED) is 0.879. The van der Waals surface area contributed by atoms with Crippen LogP contribution in [0.15, 0.2) is 54.6 Å². The Morgan fingerprint density at radius 2 is 1.69 bits per heavy atom. The molecule has 2 aromatic carbocycles. The van der Waals surface area contributed by atoms with Gasteiger partial charge in [-0.2, -0.15) is 0 Å². The van der Waals surface area contributed by atoms with Gasteiger partial charge in [-0.3, -0.25) is 9.69 Å². The highest BCUT2D eigenvalue weighted by atomic mass is 35.5. The van der Waals surface area contributed by atoms with Gasteiger partial charge in [-0.1, -0.05) is 54.1 Å². The van der Waals surface area contributed by atoms with E-state index in [0.29, 0.717) is 6.42 Å². The number of nitrogens with two attached hydrogens (primary N) is 1. The maximum atomic E-state index is 12.7. The fourth-order valence-corrected chi connectivity index (χ4v) is 3.51. The van der Waals surface area contributed by atoms with Crippen LogP contribution in [0.25, 0.3) is 0 Å². The summed E-state index contributed by atoms with van der Waals surface area (Å²) in [5.74, 6) is 0.0576. The number of carbonyl (C=O) groups is 1. The molecule has 0 aliphatic carbocycles. The lowest BCUT2D eigenvalue weighted by atomic mass is 10.1. The molecule has 1 fully saturated rings. The van der Waals surface area contributed by atoms with E-state index in [1.54, 1.807) is 0 Å². The Balaban J connectivity index is 1.52. The highest BCUT2D eigenvalue weighted by Gasteiger charge is 2.24. The first-order valence-electron chi connectivity index (χ1n) is 9.17. The van der Waals surface area contributed by atoms with E-state index >= 15 is 0 Å². The molecule has 1 atom stereocenters. The molecule has 1 heterocycles. The van der Waals surface area contributed by atoms with Crippen molar-refractivity contribution in [3.63, 3.8) is 0 Å². The molecule has 1 unspecified atom stereocenters. The van der Waals surface area contributed by atoms with Crippen molar-refractivity contribution < 1.29 is 4.79 Å². The summed E-state index contributed by atoms with van der Waals surface area (Å²) in [4.78, 5) is 17.0. The lowest BCUT2D eigenvalue weighted by Gasteiger charge is -2.25. The summed E-state index contributed by atoms with van der Waals surface area (Å²) in [6.07, 6.45) is 1.56. The number of carbonyl (C=O) groups excluding carboxylic acids is 1. The van der Waals surface area contributed by atoms with Crippen LogP contribution < -0.4 is 5.73 Å². The van der Waals surface area contributed by atoms with Gasteiger partial charge in [0.1, 0.15) is 0 Å². The van der Waals surface area contributed by atoms with Crippen LogP contribution in [-0.2, 0) is 17.8 Å². The molecule has 0 radical (unpaired) electrons. The van der Waals surface area contributed by atoms with Crippen LogP contribution in [-0.4, -0.2) is 47.9 Å². The molecule has 1 aliphatic rings. The number of benzene rings is 2. The lowest BCUT2D eigenvalue weighted by molar-refractivity contribution is -0.132. The Bertz CT molecular complexity index is 705. The largest absolute Gasteiger partial charge is 0.340 e. The maximum absolute atomic E-state index is 12.7. The molecule has 0 aromatic heterocycles. The summed E-state index contributed by atoms with van der Waals surface area (Å²) in [5.41, 5.74) is 8.54.